The Morgan fingerprint density at radius 3 is 2.44 bits per heavy atom. The van der Waals surface area contributed by atoms with Gasteiger partial charge >= 0.3 is 0 Å². The monoisotopic (exact) mass is 241 g/mol. The highest BCUT2D eigenvalue weighted by atomic mass is 32.2. The molecule has 1 aliphatic rings. The summed E-state index contributed by atoms with van der Waals surface area (Å²) < 4.78 is 0. The standard InChI is InChI=1S/C13H23NOS/c1-16-10-6-7-12(15)13(11-14)8-4-2-3-5-9-13/h12,15H,2-10H2,1H3. The molecule has 0 aromatic carbocycles. The number of nitrogens with zero attached hydrogens (tertiary/aromatic N) is 1. The second-order valence-electron chi connectivity index (χ2n) is 4.83. The van der Waals surface area contributed by atoms with Gasteiger partial charge in [-0.05, 0) is 37.7 Å². The smallest absolute Gasteiger partial charge is 0.0832 e. The quantitative estimate of drug-likeness (QED) is 0.593. The lowest BCUT2D eigenvalue weighted by Gasteiger charge is -2.30. The van der Waals surface area contributed by atoms with Gasteiger partial charge in [-0.25, -0.2) is 0 Å². The van der Waals surface area contributed by atoms with Gasteiger partial charge < -0.3 is 5.11 Å². The maximum absolute atomic E-state index is 10.2. The highest BCUT2D eigenvalue weighted by molar-refractivity contribution is 7.98. The zero-order valence-electron chi connectivity index (χ0n) is 10.2. The van der Waals surface area contributed by atoms with E-state index in [0.717, 1.165) is 44.3 Å². The molecule has 16 heavy (non-hydrogen) atoms. The van der Waals surface area contributed by atoms with Gasteiger partial charge in [-0.3, -0.25) is 0 Å². The van der Waals surface area contributed by atoms with Crippen molar-refractivity contribution < 1.29 is 5.11 Å². The van der Waals surface area contributed by atoms with E-state index in [4.69, 9.17) is 0 Å². The number of rotatable bonds is 5. The summed E-state index contributed by atoms with van der Waals surface area (Å²) in [5, 5.41) is 19.6. The molecule has 1 aliphatic carbocycles. The fourth-order valence-electron chi connectivity index (χ4n) is 2.58. The van der Waals surface area contributed by atoms with Gasteiger partial charge in [0.15, 0.2) is 0 Å². The van der Waals surface area contributed by atoms with Gasteiger partial charge in [0.25, 0.3) is 0 Å². The molecule has 1 unspecified atom stereocenters. The van der Waals surface area contributed by atoms with Gasteiger partial charge in [-0.2, -0.15) is 17.0 Å². The van der Waals surface area contributed by atoms with Crippen molar-refractivity contribution in [3.05, 3.63) is 0 Å². The van der Waals surface area contributed by atoms with Crippen LogP contribution in [0, 0.1) is 16.7 Å². The summed E-state index contributed by atoms with van der Waals surface area (Å²) in [6.45, 7) is 0. The lowest BCUT2D eigenvalue weighted by atomic mass is 9.75. The molecule has 0 amide bonds. The van der Waals surface area contributed by atoms with Crippen LogP contribution in [-0.4, -0.2) is 23.2 Å². The van der Waals surface area contributed by atoms with E-state index in [1.165, 1.54) is 12.8 Å². The van der Waals surface area contributed by atoms with Crippen LogP contribution in [0.4, 0.5) is 0 Å². The summed E-state index contributed by atoms with van der Waals surface area (Å²) in [5.41, 5.74) is -0.436. The van der Waals surface area contributed by atoms with Crippen molar-refractivity contribution in [2.75, 3.05) is 12.0 Å². The minimum absolute atomic E-state index is 0.414. The Kier molecular flexibility index (Phi) is 6.23. The minimum Gasteiger partial charge on any atom is -0.391 e. The van der Waals surface area contributed by atoms with Crippen LogP contribution in [0.25, 0.3) is 0 Å². The Labute approximate surface area is 103 Å². The molecular weight excluding hydrogens is 218 g/mol. The molecule has 1 saturated carbocycles. The van der Waals surface area contributed by atoms with Gasteiger partial charge in [0, 0.05) is 0 Å². The maximum Gasteiger partial charge on any atom is 0.0832 e. The highest BCUT2D eigenvalue weighted by Gasteiger charge is 2.37. The molecule has 0 spiro atoms. The Hall–Kier alpha value is -0.200. The third-order valence-corrected chi connectivity index (χ3v) is 4.38. The van der Waals surface area contributed by atoms with Crippen molar-refractivity contribution in [1.29, 1.82) is 5.26 Å². The van der Waals surface area contributed by atoms with E-state index in [1.807, 2.05) is 0 Å². The van der Waals surface area contributed by atoms with Crippen LogP contribution in [0.3, 0.4) is 0 Å². The molecule has 3 heteroatoms. The lowest BCUT2D eigenvalue weighted by molar-refractivity contribution is 0.0452. The van der Waals surface area contributed by atoms with E-state index in [9.17, 15) is 10.4 Å². The molecule has 0 bridgehead atoms. The van der Waals surface area contributed by atoms with Crippen molar-refractivity contribution >= 4 is 11.8 Å². The van der Waals surface area contributed by atoms with Crippen LogP contribution >= 0.6 is 11.8 Å². The van der Waals surface area contributed by atoms with E-state index < -0.39 is 11.5 Å². The summed E-state index contributed by atoms with van der Waals surface area (Å²) in [6, 6.07) is 2.43. The van der Waals surface area contributed by atoms with Crippen molar-refractivity contribution in [2.45, 2.75) is 57.5 Å². The van der Waals surface area contributed by atoms with Crippen LogP contribution in [-0.2, 0) is 0 Å². The summed E-state index contributed by atoms with van der Waals surface area (Å²) >= 11 is 1.81. The molecule has 92 valence electrons. The minimum atomic E-state index is -0.436. The van der Waals surface area contributed by atoms with E-state index >= 15 is 0 Å². The largest absolute Gasteiger partial charge is 0.391 e. The summed E-state index contributed by atoms with van der Waals surface area (Å²) in [6.07, 6.45) is 9.91. The molecular formula is C13H23NOS. The van der Waals surface area contributed by atoms with E-state index in [1.54, 1.807) is 11.8 Å². The van der Waals surface area contributed by atoms with Crippen LogP contribution in [0.5, 0.6) is 0 Å². The predicted molar refractivity (Wildman–Crippen MR) is 69.4 cm³/mol. The number of aliphatic hydroxyl groups is 1. The van der Waals surface area contributed by atoms with Gasteiger partial charge in [0.1, 0.15) is 0 Å². The first-order valence-electron chi connectivity index (χ1n) is 6.33. The van der Waals surface area contributed by atoms with Crippen molar-refractivity contribution in [3.63, 3.8) is 0 Å². The SMILES string of the molecule is CSCCCC(O)C1(C#N)CCCCCC1. The fourth-order valence-corrected chi connectivity index (χ4v) is 3.03. The van der Waals surface area contributed by atoms with Crippen LogP contribution in [0.1, 0.15) is 51.4 Å². The average Bonchev–Trinajstić information content (AvgIpc) is 2.55. The molecule has 1 rings (SSSR count). The number of thioether (sulfide) groups is 1. The van der Waals surface area contributed by atoms with Gasteiger partial charge in [0.2, 0.25) is 0 Å². The molecule has 0 aromatic heterocycles. The molecule has 0 radical (unpaired) electrons. The van der Waals surface area contributed by atoms with Crippen LogP contribution in [0.2, 0.25) is 0 Å². The molecule has 1 N–H and O–H groups in total. The molecule has 0 heterocycles. The normalized spacial score (nSPS) is 22.1. The van der Waals surface area contributed by atoms with E-state index in [2.05, 4.69) is 12.3 Å². The summed E-state index contributed by atoms with van der Waals surface area (Å²) in [4.78, 5) is 0. The summed E-state index contributed by atoms with van der Waals surface area (Å²) in [7, 11) is 0. The first-order chi connectivity index (χ1) is 7.75. The third kappa shape index (κ3) is 3.68. The van der Waals surface area contributed by atoms with Crippen molar-refractivity contribution in [3.8, 4) is 6.07 Å². The molecule has 1 fully saturated rings. The van der Waals surface area contributed by atoms with Gasteiger partial charge in [0.05, 0.1) is 17.6 Å². The van der Waals surface area contributed by atoms with Gasteiger partial charge in [-0.1, -0.05) is 25.7 Å². The van der Waals surface area contributed by atoms with Crippen molar-refractivity contribution in [2.24, 2.45) is 5.41 Å². The maximum atomic E-state index is 10.2. The lowest BCUT2D eigenvalue weighted by Crippen LogP contribution is -2.33. The van der Waals surface area contributed by atoms with Crippen molar-refractivity contribution in [1.82, 2.24) is 0 Å². The first kappa shape index (κ1) is 13.9. The van der Waals surface area contributed by atoms with Crippen LogP contribution in [0.15, 0.2) is 0 Å². The zero-order valence-corrected chi connectivity index (χ0v) is 11.1. The zero-order chi connectivity index (χ0) is 11.9. The fraction of sp³-hybridized carbons (Fsp3) is 0.923. The summed E-state index contributed by atoms with van der Waals surface area (Å²) in [5.74, 6) is 1.08. The predicted octanol–water partition coefficient (Wildman–Crippen LogP) is 3.35. The second-order valence-corrected chi connectivity index (χ2v) is 5.82. The molecule has 0 aromatic rings. The van der Waals surface area contributed by atoms with Crippen LogP contribution < -0.4 is 0 Å². The second kappa shape index (κ2) is 7.19. The topological polar surface area (TPSA) is 44.0 Å². The van der Waals surface area contributed by atoms with Gasteiger partial charge in [-0.15, -0.1) is 0 Å². The first-order valence-corrected chi connectivity index (χ1v) is 7.73. The highest BCUT2D eigenvalue weighted by Crippen LogP contribution is 2.39. The Morgan fingerprint density at radius 2 is 1.94 bits per heavy atom. The average molecular weight is 241 g/mol. The number of hydrogen-bond donors (Lipinski definition) is 1. The van der Waals surface area contributed by atoms with E-state index in [-0.39, 0.29) is 0 Å². The Bertz CT molecular complexity index is 229. The Balaban J connectivity index is 2.52. The van der Waals surface area contributed by atoms with E-state index in [0.29, 0.717) is 0 Å². The molecule has 1 atom stereocenters. The molecule has 0 aliphatic heterocycles. The number of hydrogen-bond acceptors (Lipinski definition) is 3. The third-order valence-electron chi connectivity index (χ3n) is 3.68. The molecule has 0 saturated heterocycles. The Morgan fingerprint density at radius 1 is 1.31 bits per heavy atom. The number of nitriles is 1. The number of aliphatic hydroxyl groups excluding tert-OH is 1. The molecule has 2 nitrogen and oxygen atoms in total.